The molecule has 1 aliphatic heterocycles. The van der Waals surface area contributed by atoms with Gasteiger partial charge in [-0.3, -0.25) is 4.79 Å². The molecular weight excluding hydrogens is 240 g/mol. The van der Waals surface area contributed by atoms with Crippen molar-refractivity contribution in [1.82, 2.24) is 4.90 Å². The number of nitrogens with zero attached hydrogens (tertiary/aromatic N) is 1. The number of carbonyl (C=O) groups excluding carboxylic acids is 1. The summed E-state index contributed by atoms with van der Waals surface area (Å²) in [4.78, 5) is 14.3. The van der Waals surface area contributed by atoms with Crippen molar-refractivity contribution in [3.8, 4) is 0 Å². The highest BCUT2D eigenvalue weighted by atomic mass is 16.5. The normalized spacial score (nSPS) is 16.3. The van der Waals surface area contributed by atoms with E-state index in [-0.39, 0.29) is 5.91 Å². The average molecular weight is 262 g/mol. The maximum atomic E-state index is 12.5. The molecule has 0 spiro atoms. The van der Waals surface area contributed by atoms with Crippen LogP contribution in [-0.4, -0.2) is 37.6 Å². The van der Waals surface area contributed by atoms with Crippen LogP contribution in [0.5, 0.6) is 0 Å². The first kappa shape index (κ1) is 13.9. The first-order valence-electron chi connectivity index (χ1n) is 6.78. The molecule has 0 saturated carbocycles. The van der Waals surface area contributed by atoms with Crippen LogP contribution in [0.3, 0.4) is 0 Å². The summed E-state index contributed by atoms with van der Waals surface area (Å²) in [5, 5.41) is 0. The van der Waals surface area contributed by atoms with Gasteiger partial charge in [-0.1, -0.05) is 12.1 Å². The van der Waals surface area contributed by atoms with Gasteiger partial charge in [0.1, 0.15) is 0 Å². The fourth-order valence-electron chi connectivity index (χ4n) is 2.57. The molecule has 2 N–H and O–H groups in total. The van der Waals surface area contributed by atoms with E-state index in [4.69, 9.17) is 10.5 Å². The van der Waals surface area contributed by atoms with Crippen molar-refractivity contribution in [2.24, 2.45) is 5.92 Å². The Bertz CT molecular complexity index is 433. The van der Waals surface area contributed by atoms with Gasteiger partial charge in [0.15, 0.2) is 0 Å². The van der Waals surface area contributed by atoms with E-state index in [2.05, 4.69) is 0 Å². The van der Waals surface area contributed by atoms with Crippen LogP contribution in [0.1, 0.15) is 28.8 Å². The van der Waals surface area contributed by atoms with Gasteiger partial charge in [-0.15, -0.1) is 0 Å². The summed E-state index contributed by atoms with van der Waals surface area (Å²) in [5.74, 6) is 0.551. The summed E-state index contributed by atoms with van der Waals surface area (Å²) in [6.07, 6.45) is 2.06. The lowest BCUT2D eigenvalue weighted by Crippen LogP contribution is -2.34. The molecule has 0 bridgehead atoms. The van der Waals surface area contributed by atoms with Crippen molar-refractivity contribution in [2.45, 2.75) is 19.8 Å². The minimum Gasteiger partial charge on any atom is -0.398 e. The van der Waals surface area contributed by atoms with E-state index in [1.807, 2.05) is 26.1 Å². The Balaban J connectivity index is 2.06. The molecule has 1 heterocycles. The van der Waals surface area contributed by atoms with Crippen LogP contribution < -0.4 is 5.73 Å². The lowest BCUT2D eigenvalue weighted by Gasteiger charge is -2.27. The highest BCUT2D eigenvalue weighted by molar-refractivity contribution is 6.00. The predicted octanol–water partition coefficient (Wildman–Crippen LogP) is 2.08. The van der Waals surface area contributed by atoms with Crippen molar-refractivity contribution in [3.05, 3.63) is 29.3 Å². The van der Waals surface area contributed by atoms with Gasteiger partial charge in [-0.2, -0.15) is 0 Å². The van der Waals surface area contributed by atoms with E-state index >= 15 is 0 Å². The second kappa shape index (κ2) is 6.06. The van der Waals surface area contributed by atoms with Gasteiger partial charge in [-0.25, -0.2) is 0 Å². The van der Waals surface area contributed by atoms with Crippen LogP contribution in [0.25, 0.3) is 0 Å². The number of carbonyl (C=O) groups is 1. The van der Waals surface area contributed by atoms with Crippen molar-refractivity contribution in [2.75, 3.05) is 32.5 Å². The van der Waals surface area contributed by atoms with Crippen molar-refractivity contribution < 1.29 is 9.53 Å². The Morgan fingerprint density at radius 3 is 2.74 bits per heavy atom. The van der Waals surface area contributed by atoms with Gasteiger partial charge in [0.05, 0.1) is 5.56 Å². The molecule has 0 atom stereocenters. The molecule has 1 saturated heterocycles. The number of rotatable bonds is 3. The zero-order valence-corrected chi connectivity index (χ0v) is 11.7. The van der Waals surface area contributed by atoms with E-state index in [1.165, 1.54) is 0 Å². The number of hydrogen-bond acceptors (Lipinski definition) is 3. The SMILES string of the molecule is Cc1cccc(N)c1C(=O)N(C)CC1CCOCC1. The summed E-state index contributed by atoms with van der Waals surface area (Å²) in [5.41, 5.74) is 8.06. The highest BCUT2D eigenvalue weighted by Crippen LogP contribution is 2.20. The Labute approximate surface area is 114 Å². The second-order valence-corrected chi connectivity index (χ2v) is 5.28. The maximum absolute atomic E-state index is 12.5. The number of benzene rings is 1. The van der Waals surface area contributed by atoms with Crippen molar-refractivity contribution >= 4 is 11.6 Å². The number of anilines is 1. The minimum absolute atomic E-state index is 0.0158. The monoisotopic (exact) mass is 262 g/mol. The standard InChI is InChI=1S/C15H22N2O2/c1-11-4-3-5-13(16)14(11)15(18)17(2)10-12-6-8-19-9-7-12/h3-5,12H,6-10,16H2,1-2H3. The number of nitrogens with two attached hydrogens (primary N) is 1. The highest BCUT2D eigenvalue weighted by Gasteiger charge is 2.21. The smallest absolute Gasteiger partial charge is 0.255 e. The van der Waals surface area contributed by atoms with Crippen molar-refractivity contribution in [1.29, 1.82) is 0 Å². The Morgan fingerprint density at radius 2 is 2.11 bits per heavy atom. The molecule has 0 unspecified atom stereocenters. The largest absolute Gasteiger partial charge is 0.398 e. The molecule has 1 aromatic carbocycles. The lowest BCUT2D eigenvalue weighted by atomic mass is 9.99. The summed E-state index contributed by atoms with van der Waals surface area (Å²) < 4.78 is 5.34. The van der Waals surface area contributed by atoms with E-state index in [0.29, 0.717) is 17.2 Å². The number of aryl methyl sites for hydroxylation is 1. The predicted molar refractivity (Wildman–Crippen MR) is 76.1 cm³/mol. The van der Waals surface area contributed by atoms with Gasteiger partial charge in [-0.05, 0) is 37.3 Å². The van der Waals surface area contributed by atoms with E-state index < -0.39 is 0 Å². The summed E-state index contributed by atoms with van der Waals surface area (Å²) in [7, 11) is 1.85. The van der Waals surface area contributed by atoms with Crippen LogP contribution >= 0.6 is 0 Å². The summed E-state index contributed by atoms with van der Waals surface area (Å²) >= 11 is 0. The first-order valence-corrected chi connectivity index (χ1v) is 6.78. The third-order valence-electron chi connectivity index (χ3n) is 3.74. The second-order valence-electron chi connectivity index (χ2n) is 5.28. The molecule has 1 aromatic rings. The molecule has 0 radical (unpaired) electrons. The molecule has 1 fully saturated rings. The van der Waals surface area contributed by atoms with Gasteiger partial charge >= 0.3 is 0 Å². The molecule has 0 aliphatic carbocycles. The molecule has 1 aliphatic rings. The van der Waals surface area contributed by atoms with Gasteiger partial charge in [0.25, 0.3) is 5.91 Å². The van der Waals surface area contributed by atoms with E-state index in [0.717, 1.165) is 38.2 Å². The Hall–Kier alpha value is -1.55. The topological polar surface area (TPSA) is 55.6 Å². The fraction of sp³-hybridized carbons (Fsp3) is 0.533. The molecular formula is C15H22N2O2. The minimum atomic E-state index is 0.0158. The molecule has 104 valence electrons. The maximum Gasteiger partial charge on any atom is 0.255 e. The first-order chi connectivity index (χ1) is 9.09. The van der Waals surface area contributed by atoms with Gasteiger partial charge in [0.2, 0.25) is 0 Å². The Morgan fingerprint density at radius 1 is 1.42 bits per heavy atom. The molecule has 4 nitrogen and oxygen atoms in total. The number of ether oxygens (including phenoxy) is 1. The number of amides is 1. The third kappa shape index (κ3) is 3.26. The molecule has 0 aromatic heterocycles. The zero-order chi connectivity index (χ0) is 13.8. The molecule has 4 heteroatoms. The van der Waals surface area contributed by atoms with E-state index in [1.54, 1.807) is 11.0 Å². The van der Waals surface area contributed by atoms with Crippen molar-refractivity contribution in [3.63, 3.8) is 0 Å². The van der Waals surface area contributed by atoms with Crippen LogP contribution in [0.4, 0.5) is 5.69 Å². The third-order valence-corrected chi connectivity index (χ3v) is 3.74. The quantitative estimate of drug-likeness (QED) is 0.848. The molecule has 1 amide bonds. The number of nitrogen functional groups attached to an aromatic ring is 1. The Kier molecular flexibility index (Phi) is 4.43. The summed E-state index contributed by atoms with van der Waals surface area (Å²) in [6.45, 7) is 4.31. The zero-order valence-electron chi connectivity index (χ0n) is 11.7. The fourth-order valence-corrected chi connectivity index (χ4v) is 2.57. The molecule has 2 rings (SSSR count). The number of hydrogen-bond donors (Lipinski definition) is 1. The summed E-state index contributed by atoms with van der Waals surface area (Å²) in [6, 6.07) is 5.58. The van der Waals surface area contributed by atoms with Gasteiger partial charge in [0, 0.05) is 32.5 Å². The van der Waals surface area contributed by atoms with Crippen LogP contribution in [-0.2, 0) is 4.74 Å². The average Bonchev–Trinajstić information content (AvgIpc) is 2.39. The van der Waals surface area contributed by atoms with Crippen LogP contribution in [0, 0.1) is 12.8 Å². The molecule has 19 heavy (non-hydrogen) atoms. The van der Waals surface area contributed by atoms with E-state index in [9.17, 15) is 4.79 Å². The van der Waals surface area contributed by atoms with Crippen LogP contribution in [0.15, 0.2) is 18.2 Å². The van der Waals surface area contributed by atoms with Gasteiger partial charge < -0.3 is 15.4 Å². The lowest BCUT2D eigenvalue weighted by molar-refractivity contribution is 0.0497. The van der Waals surface area contributed by atoms with Crippen LogP contribution in [0.2, 0.25) is 0 Å².